The van der Waals surface area contributed by atoms with Crippen LogP contribution in [0.3, 0.4) is 0 Å². The van der Waals surface area contributed by atoms with Crippen LogP contribution in [-0.2, 0) is 21.7 Å². The Bertz CT molecular complexity index is 4180. The SMILES string of the molecule is CC(C)(C)c1ccc(N2c3ccc(-c4ccccc4)cc3B3c4ccc(C(C)(C)C)cc4N(c4ccc(C(C)(C)C)cc4-c4ccccc4)c4cc(N5c6ccc(-c7ccccc7)cc6C6(C)CCCCC56C)cc2c43)c(-c2ccccc2)c1. The first-order valence-electron chi connectivity index (χ1n) is 30.8. The summed E-state index contributed by atoms with van der Waals surface area (Å²) in [6.07, 6.45) is 4.61. The molecular formula is C80H78BN3. The zero-order valence-corrected chi connectivity index (χ0v) is 51.1. The van der Waals surface area contributed by atoms with Gasteiger partial charge in [0.25, 0.3) is 6.71 Å². The molecule has 3 nitrogen and oxygen atoms in total. The van der Waals surface area contributed by atoms with Crippen LogP contribution < -0.4 is 31.1 Å². The second kappa shape index (κ2) is 19.6. The molecule has 1 fully saturated rings. The summed E-state index contributed by atoms with van der Waals surface area (Å²) in [6, 6.07) is 86.5. The van der Waals surface area contributed by atoms with Gasteiger partial charge < -0.3 is 14.7 Å². The molecule has 2 unspecified atom stereocenters. The molecule has 4 heteroatoms. The predicted molar refractivity (Wildman–Crippen MR) is 361 cm³/mol. The minimum absolute atomic E-state index is 0.0721. The van der Waals surface area contributed by atoms with Gasteiger partial charge in [0, 0.05) is 50.7 Å². The zero-order chi connectivity index (χ0) is 58.1. The molecule has 3 aliphatic heterocycles. The van der Waals surface area contributed by atoms with E-state index in [4.69, 9.17) is 0 Å². The Labute approximate surface area is 500 Å². The molecule has 0 spiro atoms. The summed E-state index contributed by atoms with van der Waals surface area (Å²) in [6.45, 7) is 26.2. The van der Waals surface area contributed by atoms with Gasteiger partial charge in [-0.2, -0.15) is 0 Å². The predicted octanol–water partition coefficient (Wildman–Crippen LogP) is 20.1. The first-order valence-corrected chi connectivity index (χ1v) is 30.8. The van der Waals surface area contributed by atoms with Gasteiger partial charge in [-0.1, -0.05) is 246 Å². The Morgan fingerprint density at radius 2 is 0.774 bits per heavy atom. The first kappa shape index (κ1) is 53.7. The maximum Gasteiger partial charge on any atom is 0.252 e. The van der Waals surface area contributed by atoms with Crippen LogP contribution in [-0.4, -0.2) is 12.3 Å². The third-order valence-electron chi connectivity index (χ3n) is 19.9. The van der Waals surface area contributed by atoms with Crippen molar-refractivity contribution in [3.05, 3.63) is 247 Å². The largest absolute Gasteiger partial charge is 0.334 e. The van der Waals surface area contributed by atoms with Gasteiger partial charge in [0.1, 0.15) is 0 Å². The van der Waals surface area contributed by atoms with Crippen LogP contribution >= 0.6 is 0 Å². The minimum atomic E-state index is -0.227. The van der Waals surface area contributed by atoms with Crippen LogP contribution in [0, 0.1) is 0 Å². The van der Waals surface area contributed by atoms with E-state index in [1.54, 1.807) is 0 Å². The molecule has 10 aromatic rings. The summed E-state index contributed by atoms with van der Waals surface area (Å²) < 4.78 is 0. The number of benzene rings is 10. The summed E-state index contributed by atoms with van der Waals surface area (Å²) in [5.41, 5.74) is 28.3. The Morgan fingerprint density at radius 1 is 0.345 bits per heavy atom. The molecule has 0 amide bonds. The minimum Gasteiger partial charge on any atom is -0.334 e. The van der Waals surface area contributed by atoms with E-state index in [1.807, 2.05) is 0 Å². The van der Waals surface area contributed by atoms with E-state index in [1.165, 1.54) is 141 Å². The van der Waals surface area contributed by atoms with E-state index in [0.717, 1.165) is 12.8 Å². The molecule has 0 bridgehead atoms. The molecule has 4 aliphatic rings. The third kappa shape index (κ3) is 8.60. The molecule has 1 saturated carbocycles. The lowest BCUT2D eigenvalue weighted by Crippen LogP contribution is -2.61. The van der Waals surface area contributed by atoms with Gasteiger partial charge in [-0.25, -0.2) is 0 Å². The van der Waals surface area contributed by atoms with Gasteiger partial charge in [0.15, 0.2) is 0 Å². The average Bonchev–Trinajstić information content (AvgIpc) is 1.23. The second-order valence-electron chi connectivity index (χ2n) is 28.1. The van der Waals surface area contributed by atoms with Crippen molar-refractivity contribution < 1.29 is 0 Å². The highest BCUT2D eigenvalue weighted by molar-refractivity contribution is 7.00. The van der Waals surface area contributed by atoms with Crippen molar-refractivity contribution in [1.82, 2.24) is 0 Å². The molecule has 0 aromatic heterocycles. The number of hydrogen-bond acceptors (Lipinski definition) is 3. The highest BCUT2D eigenvalue weighted by atomic mass is 15.3. The number of rotatable bonds is 7. The molecule has 14 rings (SSSR count). The van der Waals surface area contributed by atoms with Gasteiger partial charge in [-0.15, -0.1) is 0 Å². The van der Waals surface area contributed by atoms with Crippen LogP contribution in [0.5, 0.6) is 0 Å². The van der Waals surface area contributed by atoms with Crippen molar-refractivity contribution in [2.24, 2.45) is 0 Å². The smallest absolute Gasteiger partial charge is 0.252 e. The maximum absolute atomic E-state index is 2.83. The van der Waals surface area contributed by atoms with E-state index < -0.39 is 0 Å². The zero-order valence-electron chi connectivity index (χ0n) is 51.1. The molecule has 3 heterocycles. The van der Waals surface area contributed by atoms with Crippen molar-refractivity contribution in [1.29, 1.82) is 0 Å². The van der Waals surface area contributed by atoms with Crippen LogP contribution in [0.1, 0.15) is 124 Å². The lowest BCUT2D eigenvalue weighted by molar-refractivity contribution is 0.195. The fraction of sp³-hybridized carbons (Fsp3) is 0.250. The van der Waals surface area contributed by atoms with E-state index in [9.17, 15) is 0 Å². The first-order chi connectivity index (χ1) is 40.3. The summed E-state index contributed by atoms with van der Waals surface area (Å²) >= 11 is 0. The molecule has 1 aliphatic carbocycles. The standard InChI is InChI=1S/C80H78BN3/c1-76(2,3)59-37-42-68(63(48-59)55-30-20-14-21-31-55)82-71-41-35-58(54-28-18-13-19-29-54)47-67(71)81-66-39-36-61(78(7,8)9)50-72(66)83(69-43-38-60(77(4,5)6)49-64(69)56-32-22-15-23-33-56)74-52-62(51-73(82)75(74)81)84-70-40-34-57(53-26-16-12-17-27-53)46-65(70)79(10)44-24-25-45-80(79,84)11/h12-23,26-43,46-52H,24-25,44-45H2,1-11H3. The number of anilines is 8. The van der Waals surface area contributed by atoms with E-state index in [0.29, 0.717) is 0 Å². The topological polar surface area (TPSA) is 9.72 Å². The van der Waals surface area contributed by atoms with Crippen molar-refractivity contribution in [2.45, 2.75) is 129 Å². The van der Waals surface area contributed by atoms with E-state index in [2.05, 4.69) is 315 Å². The third-order valence-corrected chi connectivity index (χ3v) is 19.9. The average molecular weight is 1090 g/mol. The Kier molecular flexibility index (Phi) is 12.5. The van der Waals surface area contributed by atoms with Gasteiger partial charge in [0.2, 0.25) is 0 Å². The fourth-order valence-electron chi connectivity index (χ4n) is 15.0. The van der Waals surface area contributed by atoms with Crippen LogP contribution in [0.2, 0.25) is 0 Å². The monoisotopic (exact) mass is 1090 g/mol. The fourth-order valence-corrected chi connectivity index (χ4v) is 15.0. The van der Waals surface area contributed by atoms with E-state index in [-0.39, 0.29) is 33.9 Å². The normalized spacial score (nSPS) is 18.0. The number of hydrogen-bond donors (Lipinski definition) is 0. The van der Waals surface area contributed by atoms with Gasteiger partial charge in [-0.05, 0) is 169 Å². The van der Waals surface area contributed by atoms with Gasteiger partial charge in [0.05, 0.1) is 16.9 Å². The molecule has 0 radical (unpaired) electrons. The molecule has 10 aromatic carbocycles. The number of fused-ring (bicyclic) bond motifs is 7. The second-order valence-corrected chi connectivity index (χ2v) is 28.1. The highest BCUT2D eigenvalue weighted by Gasteiger charge is 2.58. The molecular weight excluding hydrogens is 1010 g/mol. The van der Waals surface area contributed by atoms with Crippen LogP contribution in [0.4, 0.5) is 45.5 Å². The lowest BCUT2D eigenvalue weighted by Gasteiger charge is -2.51. The van der Waals surface area contributed by atoms with Crippen LogP contribution in [0.25, 0.3) is 44.5 Å². The quantitative estimate of drug-likeness (QED) is 0.147. The summed E-state index contributed by atoms with van der Waals surface area (Å²) in [7, 11) is 0. The summed E-state index contributed by atoms with van der Waals surface area (Å²) in [5, 5.41) is 0. The van der Waals surface area contributed by atoms with E-state index >= 15 is 0 Å². The van der Waals surface area contributed by atoms with Crippen molar-refractivity contribution >= 4 is 68.6 Å². The van der Waals surface area contributed by atoms with Crippen molar-refractivity contribution in [2.75, 3.05) is 14.7 Å². The lowest BCUT2D eigenvalue weighted by atomic mass is 9.33. The van der Waals surface area contributed by atoms with Crippen molar-refractivity contribution in [3.8, 4) is 44.5 Å². The highest BCUT2D eigenvalue weighted by Crippen LogP contribution is 2.63. The number of nitrogens with zero attached hydrogens (tertiary/aromatic N) is 3. The Balaban J connectivity index is 1.14. The van der Waals surface area contributed by atoms with Crippen molar-refractivity contribution in [3.63, 3.8) is 0 Å². The Morgan fingerprint density at radius 3 is 1.29 bits per heavy atom. The molecule has 416 valence electrons. The van der Waals surface area contributed by atoms with Gasteiger partial charge in [-0.3, -0.25) is 0 Å². The Hall–Kier alpha value is -8.34. The van der Waals surface area contributed by atoms with Crippen LogP contribution in [0.15, 0.2) is 224 Å². The summed E-state index contributed by atoms with van der Waals surface area (Å²) in [5.74, 6) is 0. The summed E-state index contributed by atoms with van der Waals surface area (Å²) in [4.78, 5) is 8.22. The molecule has 0 N–H and O–H groups in total. The molecule has 2 atom stereocenters. The molecule has 84 heavy (non-hydrogen) atoms. The van der Waals surface area contributed by atoms with Gasteiger partial charge >= 0.3 is 0 Å². The maximum atomic E-state index is 2.83. The molecule has 0 saturated heterocycles.